The molecule has 130 valence electrons. The third-order valence-electron chi connectivity index (χ3n) is 4.32. The van der Waals surface area contributed by atoms with E-state index >= 15 is 0 Å². The highest BCUT2D eigenvalue weighted by atomic mass is 79.9. The minimum Gasteiger partial charge on any atom is -0.495 e. The second-order valence-electron chi connectivity index (χ2n) is 6.03. The Morgan fingerprint density at radius 1 is 1.28 bits per heavy atom. The Hall–Kier alpha value is -2.34. The van der Waals surface area contributed by atoms with Gasteiger partial charge in [0.25, 0.3) is 0 Å². The third-order valence-corrected chi connectivity index (χ3v) is 4.81. The smallest absolute Gasteiger partial charge is 0.229 e. The molecule has 2 amide bonds. The van der Waals surface area contributed by atoms with Crippen LogP contribution in [0.3, 0.4) is 0 Å². The first kappa shape index (κ1) is 17.5. The normalized spacial score (nSPS) is 16.8. The van der Waals surface area contributed by atoms with Gasteiger partial charge in [0, 0.05) is 23.1 Å². The molecule has 1 fully saturated rings. The van der Waals surface area contributed by atoms with E-state index in [2.05, 4.69) is 21.2 Å². The molecular weight excluding hydrogens is 384 g/mol. The van der Waals surface area contributed by atoms with Crippen molar-refractivity contribution in [3.05, 3.63) is 52.5 Å². The molecule has 2 aromatic rings. The number of ether oxygens (including phenoxy) is 1. The van der Waals surface area contributed by atoms with Gasteiger partial charge in [-0.05, 0) is 42.8 Å². The maximum absolute atomic E-state index is 12.6. The lowest BCUT2D eigenvalue weighted by Crippen LogP contribution is -2.28. The predicted molar refractivity (Wildman–Crippen MR) is 101 cm³/mol. The standard InChI is InChI=1S/C19H19BrN2O3/c1-12-9-14(20)7-8-15(12)21-19(24)13-10-18(23)22(11-13)16-5-3-4-6-17(16)25-2/h3-9,13H,10-11H2,1-2H3,(H,21,24)/t13-/m0/s1. The monoisotopic (exact) mass is 402 g/mol. The number of nitrogens with zero attached hydrogens (tertiary/aromatic N) is 1. The van der Waals surface area contributed by atoms with Crippen molar-refractivity contribution in [3.8, 4) is 5.75 Å². The number of amides is 2. The van der Waals surface area contributed by atoms with E-state index < -0.39 is 0 Å². The molecule has 0 aromatic heterocycles. The fourth-order valence-electron chi connectivity index (χ4n) is 2.97. The molecule has 5 nitrogen and oxygen atoms in total. The second kappa shape index (κ2) is 7.27. The van der Waals surface area contributed by atoms with Crippen LogP contribution in [0.25, 0.3) is 0 Å². The van der Waals surface area contributed by atoms with Crippen LogP contribution >= 0.6 is 15.9 Å². The van der Waals surface area contributed by atoms with Crippen LogP contribution in [-0.4, -0.2) is 25.5 Å². The molecule has 1 aliphatic rings. The van der Waals surface area contributed by atoms with E-state index in [1.165, 1.54) is 0 Å². The van der Waals surface area contributed by atoms with Gasteiger partial charge in [0.15, 0.2) is 0 Å². The number of aryl methyl sites for hydroxylation is 1. The topological polar surface area (TPSA) is 58.6 Å². The number of para-hydroxylation sites is 2. The summed E-state index contributed by atoms with van der Waals surface area (Å²) in [7, 11) is 1.57. The van der Waals surface area contributed by atoms with Gasteiger partial charge >= 0.3 is 0 Å². The fraction of sp³-hybridized carbons (Fsp3) is 0.263. The number of anilines is 2. The summed E-state index contributed by atoms with van der Waals surface area (Å²) in [6.07, 6.45) is 0.194. The summed E-state index contributed by atoms with van der Waals surface area (Å²) in [5.74, 6) is 0.0227. The Balaban J connectivity index is 1.74. The first-order chi connectivity index (χ1) is 12.0. The number of halogens is 1. The lowest BCUT2D eigenvalue weighted by molar-refractivity contribution is -0.122. The molecule has 25 heavy (non-hydrogen) atoms. The molecule has 0 bridgehead atoms. The minimum atomic E-state index is -0.388. The molecule has 0 spiro atoms. The van der Waals surface area contributed by atoms with Crippen LogP contribution in [0.5, 0.6) is 5.75 Å². The van der Waals surface area contributed by atoms with Gasteiger partial charge in [-0.1, -0.05) is 28.1 Å². The van der Waals surface area contributed by atoms with E-state index in [0.717, 1.165) is 15.7 Å². The lowest BCUT2D eigenvalue weighted by Gasteiger charge is -2.19. The molecule has 3 rings (SSSR count). The molecule has 1 saturated heterocycles. The van der Waals surface area contributed by atoms with Crippen molar-refractivity contribution in [3.63, 3.8) is 0 Å². The summed E-state index contributed by atoms with van der Waals surface area (Å²) in [6, 6.07) is 13.0. The number of hydrogen-bond acceptors (Lipinski definition) is 3. The van der Waals surface area contributed by atoms with Gasteiger partial charge in [-0.25, -0.2) is 0 Å². The van der Waals surface area contributed by atoms with Gasteiger partial charge in [-0.2, -0.15) is 0 Å². The van der Waals surface area contributed by atoms with Crippen molar-refractivity contribution < 1.29 is 14.3 Å². The van der Waals surface area contributed by atoms with Crippen LogP contribution in [-0.2, 0) is 9.59 Å². The van der Waals surface area contributed by atoms with Gasteiger partial charge in [0.1, 0.15) is 5.75 Å². The lowest BCUT2D eigenvalue weighted by atomic mass is 10.1. The molecule has 6 heteroatoms. The number of benzene rings is 2. The van der Waals surface area contributed by atoms with Gasteiger partial charge < -0.3 is 15.0 Å². The quantitative estimate of drug-likeness (QED) is 0.846. The van der Waals surface area contributed by atoms with Crippen LogP contribution in [0.2, 0.25) is 0 Å². The van der Waals surface area contributed by atoms with E-state index in [1.807, 2.05) is 43.3 Å². The minimum absolute atomic E-state index is 0.0721. The zero-order valence-electron chi connectivity index (χ0n) is 14.1. The first-order valence-corrected chi connectivity index (χ1v) is 8.79. The summed E-state index contributed by atoms with van der Waals surface area (Å²) in [4.78, 5) is 26.6. The van der Waals surface area contributed by atoms with Gasteiger partial charge in [-0.3, -0.25) is 9.59 Å². The molecule has 1 N–H and O–H groups in total. The summed E-state index contributed by atoms with van der Waals surface area (Å²) in [6.45, 7) is 2.28. The number of carbonyl (C=O) groups is 2. The third kappa shape index (κ3) is 3.69. The number of carbonyl (C=O) groups excluding carboxylic acids is 2. The number of hydrogen-bond donors (Lipinski definition) is 1. The Kier molecular flexibility index (Phi) is 5.08. The first-order valence-electron chi connectivity index (χ1n) is 8.00. The zero-order valence-corrected chi connectivity index (χ0v) is 15.7. The average molecular weight is 403 g/mol. The van der Waals surface area contributed by atoms with Crippen molar-refractivity contribution in [2.75, 3.05) is 23.9 Å². The Morgan fingerprint density at radius 3 is 2.76 bits per heavy atom. The molecule has 1 heterocycles. The highest BCUT2D eigenvalue weighted by Crippen LogP contribution is 2.33. The van der Waals surface area contributed by atoms with Gasteiger partial charge in [0.05, 0.1) is 18.7 Å². The Morgan fingerprint density at radius 2 is 2.04 bits per heavy atom. The van der Waals surface area contributed by atoms with Gasteiger partial charge in [-0.15, -0.1) is 0 Å². The van der Waals surface area contributed by atoms with Crippen molar-refractivity contribution in [1.29, 1.82) is 0 Å². The van der Waals surface area contributed by atoms with Crippen LogP contribution in [0, 0.1) is 12.8 Å². The Bertz CT molecular complexity index is 822. The van der Waals surface area contributed by atoms with Crippen LogP contribution in [0.1, 0.15) is 12.0 Å². The van der Waals surface area contributed by atoms with Crippen molar-refractivity contribution in [1.82, 2.24) is 0 Å². The van der Waals surface area contributed by atoms with E-state index in [1.54, 1.807) is 18.1 Å². The summed E-state index contributed by atoms with van der Waals surface area (Å²) in [5, 5.41) is 2.93. The van der Waals surface area contributed by atoms with E-state index in [0.29, 0.717) is 18.0 Å². The number of rotatable bonds is 4. The largest absolute Gasteiger partial charge is 0.495 e. The highest BCUT2D eigenvalue weighted by Gasteiger charge is 2.36. The maximum atomic E-state index is 12.6. The van der Waals surface area contributed by atoms with Crippen molar-refractivity contribution in [2.24, 2.45) is 5.92 Å². The molecular formula is C19H19BrN2O3. The summed E-state index contributed by atoms with van der Waals surface area (Å²) >= 11 is 3.41. The molecule has 2 aromatic carbocycles. The van der Waals surface area contributed by atoms with Gasteiger partial charge in [0.2, 0.25) is 11.8 Å². The summed E-state index contributed by atoms with van der Waals surface area (Å²) < 4.78 is 6.29. The van der Waals surface area contributed by atoms with Crippen molar-refractivity contribution in [2.45, 2.75) is 13.3 Å². The van der Waals surface area contributed by atoms with Crippen LogP contribution in [0.4, 0.5) is 11.4 Å². The molecule has 1 aliphatic heterocycles. The summed E-state index contributed by atoms with van der Waals surface area (Å²) in [5.41, 5.74) is 2.43. The highest BCUT2D eigenvalue weighted by molar-refractivity contribution is 9.10. The fourth-order valence-corrected chi connectivity index (χ4v) is 3.45. The predicted octanol–water partition coefficient (Wildman–Crippen LogP) is 3.76. The SMILES string of the molecule is COc1ccccc1N1C[C@@H](C(=O)Nc2ccc(Br)cc2C)CC1=O. The second-order valence-corrected chi connectivity index (χ2v) is 6.94. The van der Waals surface area contributed by atoms with Crippen molar-refractivity contribution >= 4 is 39.1 Å². The number of methoxy groups -OCH3 is 1. The van der Waals surface area contributed by atoms with E-state index in [9.17, 15) is 9.59 Å². The zero-order chi connectivity index (χ0) is 18.0. The van der Waals surface area contributed by atoms with Crippen LogP contribution in [0.15, 0.2) is 46.9 Å². The molecule has 0 saturated carbocycles. The molecule has 0 unspecified atom stereocenters. The average Bonchev–Trinajstić information content (AvgIpc) is 2.99. The molecule has 1 atom stereocenters. The van der Waals surface area contributed by atoms with Crippen LogP contribution < -0.4 is 15.0 Å². The maximum Gasteiger partial charge on any atom is 0.229 e. The molecule has 0 radical (unpaired) electrons. The molecule has 0 aliphatic carbocycles. The van der Waals surface area contributed by atoms with E-state index in [4.69, 9.17) is 4.74 Å². The Labute approximate surface area is 155 Å². The number of nitrogens with one attached hydrogen (secondary N) is 1. The van der Waals surface area contributed by atoms with E-state index in [-0.39, 0.29) is 24.2 Å².